The van der Waals surface area contributed by atoms with Gasteiger partial charge in [0.25, 0.3) is 5.91 Å². The van der Waals surface area contributed by atoms with Gasteiger partial charge in [-0.2, -0.15) is 0 Å². The Morgan fingerprint density at radius 1 is 1.28 bits per heavy atom. The van der Waals surface area contributed by atoms with Crippen LogP contribution in [0.25, 0.3) is 0 Å². The van der Waals surface area contributed by atoms with Gasteiger partial charge in [-0.1, -0.05) is 29.4 Å². The maximum atomic E-state index is 12.6. The predicted molar refractivity (Wildman–Crippen MR) is 99.0 cm³/mol. The highest BCUT2D eigenvalue weighted by Crippen LogP contribution is 2.27. The molecule has 0 bridgehead atoms. The number of rotatable bonds is 7. The van der Waals surface area contributed by atoms with E-state index in [-0.39, 0.29) is 16.6 Å². The van der Waals surface area contributed by atoms with E-state index >= 15 is 0 Å². The van der Waals surface area contributed by atoms with Crippen molar-refractivity contribution < 1.29 is 14.3 Å². The molecule has 0 unspecified atom stereocenters. The van der Waals surface area contributed by atoms with E-state index in [9.17, 15) is 4.79 Å². The second-order valence-electron chi connectivity index (χ2n) is 5.22. The first-order valence-electron chi connectivity index (χ1n) is 7.53. The van der Waals surface area contributed by atoms with Gasteiger partial charge in [0.1, 0.15) is 0 Å². The standard InChI is InChI=1S/C17H20ClN3O3S/c1-21(16(22)15-12(18)10-19-17(20-15)25-4)8-7-11-5-6-13(23-2)14(9-11)24-3/h5-6,9-10H,7-8H2,1-4H3. The average Bonchev–Trinajstić information content (AvgIpc) is 2.65. The molecule has 0 spiro atoms. The summed E-state index contributed by atoms with van der Waals surface area (Å²) < 4.78 is 10.5. The summed E-state index contributed by atoms with van der Waals surface area (Å²) in [5.74, 6) is 1.11. The first-order chi connectivity index (χ1) is 12.0. The van der Waals surface area contributed by atoms with Crippen LogP contribution < -0.4 is 9.47 Å². The van der Waals surface area contributed by atoms with Gasteiger partial charge >= 0.3 is 0 Å². The Morgan fingerprint density at radius 3 is 2.64 bits per heavy atom. The second-order valence-corrected chi connectivity index (χ2v) is 6.40. The highest BCUT2D eigenvalue weighted by atomic mass is 35.5. The lowest BCUT2D eigenvalue weighted by molar-refractivity contribution is 0.0790. The fourth-order valence-corrected chi connectivity index (χ4v) is 2.73. The van der Waals surface area contributed by atoms with E-state index in [0.717, 1.165) is 5.56 Å². The van der Waals surface area contributed by atoms with Crippen LogP contribution in [0.1, 0.15) is 16.1 Å². The number of amides is 1. The number of hydrogen-bond donors (Lipinski definition) is 0. The van der Waals surface area contributed by atoms with E-state index in [1.807, 2.05) is 24.5 Å². The Kier molecular flexibility index (Phi) is 6.90. The molecule has 0 fully saturated rings. The molecule has 0 N–H and O–H groups in total. The van der Waals surface area contributed by atoms with Gasteiger partial charge in [-0.05, 0) is 30.4 Å². The van der Waals surface area contributed by atoms with Crippen LogP contribution in [0.2, 0.25) is 5.02 Å². The van der Waals surface area contributed by atoms with Crippen molar-refractivity contribution in [2.45, 2.75) is 11.6 Å². The maximum absolute atomic E-state index is 12.6. The summed E-state index contributed by atoms with van der Waals surface area (Å²) in [6.45, 7) is 0.517. The molecular formula is C17H20ClN3O3S. The van der Waals surface area contributed by atoms with E-state index < -0.39 is 0 Å². The number of aromatic nitrogens is 2. The number of hydrogen-bond acceptors (Lipinski definition) is 6. The fraction of sp³-hybridized carbons (Fsp3) is 0.353. The third-order valence-electron chi connectivity index (χ3n) is 3.64. The minimum Gasteiger partial charge on any atom is -0.493 e. The van der Waals surface area contributed by atoms with Crippen molar-refractivity contribution in [3.63, 3.8) is 0 Å². The third kappa shape index (κ3) is 4.76. The number of nitrogens with zero attached hydrogens (tertiary/aromatic N) is 3. The fourth-order valence-electron chi connectivity index (χ4n) is 2.21. The largest absolute Gasteiger partial charge is 0.493 e. The van der Waals surface area contributed by atoms with Crippen LogP contribution in [0, 0.1) is 0 Å². The number of benzene rings is 1. The Balaban J connectivity index is 2.07. The molecule has 0 atom stereocenters. The highest BCUT2D eigenvalue weighted by Gasteiger charge is 2.18. The minimum atomic E-state index is -0.233. The molecule has 25 heavy (non-hydrogen) atoms. The Hall–Kier alpha value is -1.99. The van der Waals surface area contributed by atoms with Crippen LogP contribution in [0.15, 0.2) is 29.6 Å². The molecule has 0 aliphatic heterocycles. The Labute approximate surface area is 156 Å². The molecule has 1 aromatic carbocycles. The quantitative estimate of drug-likeness (QED) is 0.542. The summed E-state index contributed by atoms with van der Waals surface area (Å²) in [7, 11) is 4.91. The lowest BCUT2D eigenvalue weighted by Gasteiger charge is -2.18. The monoisotopic (exact) mass is 381 g/mol. The molecule has 0 radical (unpaired) electrons. The number of carbonyl (C=O) groups is 1. The van der Waals surface area contributed by atoms with E-state index in [2.05, 4.69) is 9.97 Å². The third-order valence-corrected chi connectivity index (χ3v) is 4.48. The maximum Gasteiger partial charge on any atom is 0.273 e. The van der Waals surface area contributed by atoms with Crippen molar-refractivity contribution in [1.82, 2.24) is 14.9 Å². The van der Waals surface area contributed by atoms with Gasteiger partial charge in [0.2, 0.25) is 0 Å². The molecule has 134 valence electrons. The molecule has 2 rings (SSSR count). The van der Waals surface area contributed by atoms with Crippen LogP contribution in [0.4, 0.5) is 0 Å². The van der Waals surface area contributed by atoms with Crippen molar-refractivity contribution >= 4 is 29.3 Å². The van der Waals surface area contributed by atoms with Gasteiger partial charge in [0.15, 0.2) is 22.3 Å². The number of halogens is 1. The van der Waals surface area contributed by atoms with Crippen molar-refractivity contribution in [1.29, 1.82) is 0 Å². The van der Waals surface area contributed by atoms with Gasteiger partial charge in [-0.15, -0.1) is 0 Å². The van der Waals surface area contributed by atoms with Gasteiger partial charge < -0.3 is 14.4 Å². The molecule has 0 saturated heterocycles. The van der Waals surface area contributed by atoms with Crippen molar-refractivity contribution in [3.05, 3.63) is 40.7 Å². The zero-order valence-electron chi connectivity index (χ0n) is 14.6. The van der Waals surface area contributed by atoms with Crippen LogP contribution in [-0.2, 0) is 6.42 Å². The summed E-state index contributed by atoms with van der Waals surface area (Å²) in [5, 5.41) is 0.766. The molecule has 1 aromatic heterocycles. The first kappa shape index (κ1) is 19.3. The summed E-state index contributed by atoms with van der Waals surface area (Å²) >= 11 is 7.43. The molecule has 6 nitrogen and oxygen atoms in total. The number of thioether (sulfide) groups is 1. The van der Waals surface area contributed by atoms with Crippen LogP contribution in [0.5, 0.6) is 11.5 Å². The summed E-state index contributed by atoms with van der Waals surface area (Å²) in [6.07, 6.45) is 3.97. The summed E-state index contributed by atoms with van der Waals surface area (Å²) in [4.78, 5) is 22.4. The second kappa shape index (κ2) is 8.92. The number of ether oxygens (including phenoxy) is 2. The summed E-state index contributed by atoms with van der Waals surface area (Å²) in [6, 6.07) is 5.70. The molecular weight excluding hydrogens is 362 g/mol. The van der Waals surface area contributed by atoms with Crippen molar-refractivity contribution in [2.24, 2.45) is 0 Å². The molecule has 1 heterocycles. The Morgan fingerprint density at radius 2 is 2.00 bits per heavy atom. The van der Waals surface area contributed by atoms with Crippen LogP contribution in [0.3, 0.4) is 0 Å². The van der Waals surface area contributed by atoms with E-state index in [1.165, 1.54) is 18.0 Å². The van der Waals surface area contributed by atoms with Crippen molar-refractivity contribution in [3.8, 4) is 11.5 Å². The molecule has 0 aliphatic rings. The van der Waals surface area contributed by atoms with Crippen LogP contribution in [-0.4, -0.2) is 54.8 Å². The van der Waals surface area contributed by atoms with Crippen LogP contribution >= 0.6 is 23.4 Å². The number of carbonyl (C=O) groups excluding carboxylic acids is 1. The summed E-state index contributed by atoms with van der Waals surface area (Å²) in [5.41, 5.74) is 1.26. The zero-order chi connectivity index (χ0) is 18.4. The topological polar surface area (TPSA) is 64.5 Å². The molecule has 1 amide bonds. The number of methoxy groups -OCH3 is 2. The normalized spacial score (nSPS) is 10.4. The lowest BCUT2D eigenvalue weighted by Crippen LogP contribution is -2.30. The lowest BCUT2D eigenvalue weighted by atomic mass is 10.1. The van der Waals surface area contributed by atoms with E-state index in [4.69, 9.17) is 21.1 Å². The van der Waals surface area contributed by atoms with Gasteiger partial charge in [0, 0.05) is 13.6 Å². The Bertz CT molecular complexity index is 758. The van der Waals surface area contributed by atoms with E-state index in [0.29, 0.717) is 29.6 Å². The van der Waals surface area contributed by atoms with Gasteiger partial charge in [-0.3, -0.25) is 4.79 Å². The molecule has 0 saturated carbocycles. The molecule has 2 aromatic rings. The van der Waals surface area contributed by atoms with E-state index in [1.54, 1.807) is 26.2 Å². The average molecular weight is 382 g/mol. The first-order valence-corrected chi connectivity index (χ1v) is 9.13. The smallest absolute Gasteiger partial charge is 0.273 e. The van der Waals surface area contributed by atoms with Crippen molar-refractivity contribution in [2.75, 3.05) is 34.1 Å². The minimum absolute atomic E-state index is 0.218. The predicted octanol–water partition coefficient (Wildman–Crippen LogP) is 3.18. The SMILES string of the molecule is COc1ccc(CCN(C)C(=O)c2nc(SC)ncc2Cl)cc1OC. The number of likely N-dealkylation sites (N-methyl/N-ethyl adjacent to an activating group) is 1. The highest BCUT2D eigenvalue weighted by molar-refractivity contribution is 7.98. The molecule has 0 aliphatic carbocycles. The van der Waals surface area contributed by atoms with Gasteiger partial charge in [0.05, 0.1) is 25.4 Å². The molecule has 8 heteroatoms. The zero-order valence-corrected chi connectivity index (χ0v) is 16.1. The van der Waals surface area contributed by atoms with Gasteiger partial charge in [-0.25, -0.2) is 9.97 Å².